The highest BCUT2D eigenvalue weighted by atomic mass is 127. The molecule has 0 aromatic carbocycles. The maximum Gasteiger partial charge on any atom is 0.303 e. The Hall–Kier alpha value is -1.64. The lowest BCUT2D eigenvalue weighted by atomic mass is 10.0. The second-order valence-electron chi connectivity index (χ2n) is 5.76. The molecular weight excluding hydrogens is 471 g/mol. The fourth-order valence-electron chi connectivity index (χ4n) is 2.45. The van der Waals surface area contributed by atoms with Gasteiger partial charge in [0.15, 0.2) is 18.5 Å². The number of ether oxygens (including phenoxy) is 5. The summed E-state index contributed by atoms with van der Waals surface area (Å²) in [5, 5.41) is 0. The number of carbonyl (C=O) groups excluding carboxylic acids is 3. The van der Waals surface area contributed by atoms with E-state index in [2.05, 4.69) is 12.5 Å². The monoisotopic (exact) mass is 494 g/mol. The second kappa shape index (κ2) is 11.3. The average Bonchev–Trinajstić information content (AvgIpc) is 2.57. The lowest BCUT2D eigenvalue weighted by Gasteiger charge is -2.43. The van der Waals surface area contributed by atoms with E-state index in [4.69, 9.17) is 30.1 Å². The third kappa shape index (κ3) is 7.48. The van der Waals surface area contributed by atoms with E-state index in [1.165, 1.54) is 26.8 Å². The van der Waals surface area contributed by atoms with E-state index in [0.717, 1.165) is 0 Å². The van der Waals surface area contributed by atoms with E-state index in [-0.39, 0.29) is 13.0 Å². The van der Waals surface area contributed by atoms with Gasteiger partial charge in [-0.15, -0.1) is 18.9 Å². The van der Waals surface area contributed by atoms with Gasteiger partial charge in [0, 0.05) is 27.2 Å². The van der Waals surface area contributed by atoms with Gasteiger partial charge in [0.05, 0.1) is 6.10 Å². The van der Waals surface area contributed by atoms with E-state index >= 15 is 0 Å². The Morgan fingerprint density at radius 2 is 1.78 bits per heavy atom. The predicted molar refractivity (Wildman–Crippen MR) is 103 cm³/mol. The molecule has 0 radical (unpaired) electrons. The van der Waals surface area contributed by atoms with Crippen molar-refractivity contribution in [1.29, 1.82) is 0 Å². The fraction of sp³-hybridized carbons (Fsp3) is 0.611. The maximum atomic E-state index is 11.6. The van der Waals surface area contributed by atoms with Crippen molar-refractivity contribution in [3.63, 3.8) is 0 Å². The standard InChI is InChI=1S/C18H23IO8/c1-6-8-13(7-2)26-18-15(19)17(25-12(5)22)16(24-11(4)21)14(27-18)9-23-10(3)20/h1,7,13-18H,2,8-9H2,3-5H3/t13-,14-,15+,16-,17-,18+/m1/s1. The molecule has 1 aliphatic rings. The van der Waals surface area contributed by atoms with Crippen molar-refractivity contribution in [3.8, 4) is 12.3 Å². The quantitative estimate of drug-likeness (QED) is 0.125. The topological polar surface area (TPSA) is 97.4 Å². The Kier molecular flexibility index (Phi) is 9.76. The van der Waals surface area contributed by atoms with Crippen LogP contribution in [0.25, 0.3) is 0 Å². The molecule has 0 saturated carbocycles. The summed E-state index contributed by atoms with van der Waals surface area (Å²) < 4.78 is 26.8. The van der Waals surface area contributed by atoms with Gasteiger partial charge in [-0.1, -0.05) is 28.7 Å². The molecule has 0 amide bonds. The van der Waals surface area contributed by atoms with Crippen molar-refractivity contribution in [2.75, 3.05) is 6.61 Å². The summed E-state index contributed by atoms with van der Waals surface area (Å²) in [7, 11) is 0. The van der Waals surface area contributed by atoms with Crippen LogP contribution in [-0.2, 0) is 38.1 Å². The number of rotatable bonds is 8. The molecule has 1 fully saturated rings. The van der Waals surface area contributed by atoms with Crippen LogP contribution in [-0.4, -0.2) is 59.1 Å². The molecule has 9 heteroatoms. The first-order chi connectivity index (χ1) is 12.7. The SMILES string of the molecule is C#CC[C@@H](C=C)O[C@H]1O[C@H](COC(C)=O)[C@@H](OC(C)=O)[C@H](OC(C)=O)[C@@H]1I. The number of hydrogen-bond donors (Lipinski definition) is 0. The van der Waals surface area contributed by atoms with Gasteiger partial charge in [-0.2, -0.15) is 0 Å². The molecule has 0 N–H and O–H groups in total. The van der Waals surface area contributed by atoms with Gasteiger partial charge in [0.25, 0.3) is 0 Å². The Morgan fingerprint density at radius 3 is 2.26 bits per heavy atom. The van der Waals surface area contributed by atoms with Crippen LogP contribution in [0.5, 0.6) is 0 Å². The van der Waals surface area contributed by atoms with Crippen LogP contribution in [0.2, 0.25) is 0 Å². The molecule has 150 valence electrons. The third-order valence-corrected chi connectivity index (χ3v) is 4.81. The molecule has 0 aliphatic carbocycles. The minimum absolute atomic E-state index is 0.206. The zero-order valence-electron chi connectivity index (χ0n) is 15.4. The van der Waals surface area contributed by atoms with Crippen molar-refractivity contribution >= 4 is 40.5 Å². The number of halogens is 1. The summed E-state index contributed by atoms with van der Waals surface area (Å²) in [5.41, 5.74) is 0. The molecule has 27 heavy (non-hydrogen) atoms. The predicted octanol–water partition coefficient (Wildman–Crippen LogP) is 1.54. The lowest BCUT2D eigenvalue weighted by molar-refractivity contribution is -0.265. The first kappa shape index (κ1) is 23.4. The molecule has 0 spiro atoms. The first-order valence-electron chi connectivity index (χ1n) is 8.18. The largest absolute Gasteiger partial charge is 0.463 e. The van der Waals surface area contributed by atoms with Crippen molar-refractivity contribution in [2.45, 2.75) is 61.8 Å². The van der Waals surface area contributed by atoms with Crippen LogP contribution in [0.3, 0.4) is 0 Å². The van der Waals surface area contributed by atoms with E-state index in [0.29, 0.717) is 0 Å². The fourth-order valence-corrected chi connectivity index (χ4v) is 3.34. The highest BCUT2D eigenvalue weighted by Crippen LogP contribution is 2.33. The van der Waals surface area contributed by atoms with Crippen LogP contribution in [0, 0.1) is 12.3 Å². The Labute approximate surface area is 172 Å². The molecule has 6 atom stereocenters. The Morgan fingerprint density at radius 1 is 1.19 bits per heavy atom. The molecule has 0 unspecified atom stereocenters. The summed E-state index contributed by atoms with van der Waals surface area (Å²) in [6.07, 6.45) is 3.03. The van der Waals surface area contributed by atoms with Crippen molar-refractivity contribution in [2.24, 2.45) is 0 Å². The van der Waals surface area contributed by atoms with Gasteiger partial charge in [-0.25, -0.2) is 0 Å². The molecule has 0 aromatic rings. The van der Waals surface area contributed by atoms with Crippen molar-refractivity contribution < 1.29 is 38.1 Å². The maximum absolute atomic E-state index is 11.6. The van der Waals surface area contributed by atoms with Gasteiger partial charge in [-0.05, 0) is 0 Å². The zero-order chi connectivity index (χ0) is 20.6. The van der Waals surface area contributed by atoms with Crippen LogP contribution in [0.15, 0.2) is 12.7 Å². The molecule has 1 heterocycles. The zero-order valence-corrected chi connectivity index (χ0v) is 17.5. The first-order valence-corrected chi connectivity index (χ1v) is 9.43. The molecule has 0 bridgehead atoms. The smallest absolute Gasteiger partial charge is 0.303 e. The third-order valence-electron chi connectivity index (χ3n) is 3.52. The average molecular weight is 494 g/mol. The van der Waals surface area contributed by atoms with Crippen LogP contribution in [0.4, 0.5) is 0 Å². The van der Waals surface area contributed by atoms with Gasteiger partial charge < -0.3 is 23.7 Å². The molecule has 0 aromatic heterocycles. The molecular formula is C18H23IO8. The van der Waals surface area contributed by atoms with Gasteiger partial charge >= 0.3 is 17.9 Å². The van der Waals surface area contributed by atoms with E-state index in [1.54, 1.807) is 0 Å². The minimum Gasteiger partial charge on any atom is -0.463 e. The number of carbonyl (C=O) groups is 3. The summed E-state index contributed by atoms with van der Waals surface area (Å²) in [5.74, 6) is 0.791. The van der Waals surface area contributed by atoms with E-state index in [9.17, 15) is 14.4 Å². The molecule has 1 saturated heterocycles. The number of esters is 3. The lowest BCUT2D eigenvalue weighted by Crippen LogP contribution is -2.60. The minimum atomic E-state index is -0.970. The Balaban J connectivity index is 3.12. The van der Waals surface area contributed by atoms with E-state index in [1.807, 2.05) is 22.6 Å². The highest BCUT2D eigenvalue weighted by Gasteiger charge is 2.50. The number of alkyl halides is 1. The highest BCUT2D eigenvalue weighted by molar-refractivity contribution is 14.1. The summed E-state index contributed by atoms with van der Waals surface area (Å²) in [6.45, 7) is 7.16. The molecule has 8 nitrogen and oxygen atoms in total. The Bertz CT molecular complexity index is 599. The molecule has 1 aliphatic heterocycles. The normalized spacial score (nSPS) is 28.3. The van der Waals surface area contributed by atoms with Gasteiger partial charge in [0.1, 0.15) is 16.6 Å². The van der Waals surface area contributed by atoms with Gasteiger partial charge in [0.2, 0.25) is 0 Å². The van der Waals surface area contributed by atoms with E-state index < -0.39 is 52.5 Å². The second-order valence-corrected chi connectivity index (χ2v) is 7.19. The summed E-state index contributed by atoms with van der Waals surface area (Å²) in [4.78, 5) is 34.3. The summed E-state index contributed by atoms with van der Waals surface area (Å²) in [6, 6.07) is 0. The van der Waals surface area contributed by atoms with Crippen LogP contribution >= 0.6 is 22.6 Å². The van der Waals surface area contributed by atoms with Crippen LogP contribution < -0.4 is 0 Å². The number of terminal acetylenes is 1. The van der Waals surface area contributed by atoms with Crippen LogP contribution in [0.1, 0.15) is 27.2 Å². The van der Waals surface area contributed by atoms with Crippen molar-refractivity contribution in [3.05, 3.63) is 12.7 Å². The summed E-state index contributed by atoms with van der Waals surface area (Å²) >= 11 is 1.99. The number of hydrogen-bond acceptors (Lipinski definition) is 8. The van der Waals surface area contributed by atoms with Crippen molar-refractivity contribution in [1.82, 2.24) is 0 Å². The van der Waals surface area contributed by atoms with Gasteiger partial charge in [-0.3, -0.25) is 14.4 Å². The molecule has 1 rings (SSSR count).